The molecule has 0 unspecified atom stereocenters. The molecule has 3 aromatic rings. The minimum Gasteiger partial charge on any atom is -0.397 e. The first kappa shape index (κ1) is 14.3. The number of aromatic nitrogens is 1. The first-order valence-corrected chi connectivity index (χ1v) is 8.23. The molecular weight excluding hydrogens is 326 g/mol. The summed E-state index contributed by atoms with van der Waals surface area (Å²) >= 11 is 8.63. The number of nitrogens with zero attached hydrogens (tertiary/aromatic N) is 1. The molecule has 3 heterocycles. The van der Waals surface area contributed by atoms with Gasteiger partial charge in [0.15, 0.2) is 0 Å². The molecule has 0 atom stereocenters. The summed E-state index contributed by atoms with van der Waals surface area (Å²) in [6, 6.07) is 7.50. The van der Waals surface area contributed by atoms with Crippen molar-refractivity contribution < 1.29 is 4.79 Å². The molecule has 3 N–H and O–H groups in total. The predicted molar refractivity (Wildman–Crippen MR) is 89.3 cm³/mol. The number of rotatable bonds is 3. The van der Waals surface area contributed by atoms with E-state index in [0.717, 1.165) is 20.8 Å². The molecule has 108 valence electrons. The molecule has 0 radical (unpaired) electrons. The van der Waals surface area contributed by atoms with E-state index in [4.69, 9.17) is 17.3 Å². The maximum atomic E-state index is 12.3. The third-order valence-electron chi connectivity index (χ3n) is 2.99. The summed E-state index contributed by atoms with van der Waals surface area (Å²) in [4.78, 5) is 19.0. The fourth-order valence-electron chi connectivity index (χ4n) is 1.95. The summed E-state index contributed by atoms with van der Waals surface area (Å²) < 4.78 is 0.709. The van der Waals surface area contributed by atoms with Crippen LogP contribution in [0.3, 0.4) is 0 Å². The molecule has 3 aromatic heterocycles. The topological polar surface area (TPSA) is 68.0 Å². The Kier molecular flexibility index (Phi) is 3.84. The Morgan fingerprint density at radius 1 is 1.33 bits per heavy atom. The van der Waals surface area contributed by atoms with Crippen LogP contribution in [0.2, 0.25) is 4.34 Å². The van der Waals surface area contributed by atoms with Crippen LogP contribution in [-0.2, 0) is 6.54 Å². The Bertz CT molecular complexity index is 825. The Hall–Kier alpha value is -1.63. The van der Waals surface area contributed by atoms with E-state index in [1.165, 1.54) is 22.7 Å². The smallest absolute Gasteiger partial charge is 0.263 e. The number of nitrogens with two attached hydrogens (primary N) is 1. The fourth-order valence-corrected chi connectivity index (χ4v) is 4.04. The van der Waals surface area contributed by atoms with Gasteiger partial charge in [-0.25, -0.2) is 4.98 Å². The molecule has 0 aromatic carbocycles. The molecule has 1 amide bonds. The highest BCUT2D eigenvalue weighted by molar-refractivity contribution is 7.21. The summed E-state index contributed by atoms with van der Waals surface area (Å²) in [6.45, 7) is 2.35. The van der Waals surface area contributed by atoms with Crippen molar-refractivity contribution in [3.8, 4) is 0 Å². The normalized spacial score (nSPS) is 11.0. The Morgan fingerprint density at radius 2 is 2.14 bits per heavy atom. The monoisotopic (exact) mass is 337 g/mol. The zero-order chi connectivity index (χ0) is 15.0. The number of carbonyl (C=O) groups excluding carboxylic acids is 1. The highest BCUT2D eigenvalue weighted by Crippen LogP contribution is 2.32. The third-order valence-corrected chi connectivity index (χ3v) is 5.34. The average molecular weight is 338 g/mol. The lowest BCUT2D eigenvalue weighted by Gasteiger charge is -2.02. The standard InChI is InChI=1S/C14H12ClN3OS2/c1-7-2-4-9-11(16)12(21-14(9)18-7)13(19)17-6-8-3-5-10(15)20-8/h2-5H,6,16H2,1H3,(H,17,19). The van der Waals surface area contributed by atoms with E-state index >= 15 is 0 Å². The van der Waals surface area contributed by atoms with Gasteiger partial charge in [0, 0.05) is 16.0 Å². The molecule has 0 spiro atoms. The van der Waals surface area contributed by atoms with Gasteiger partial charge in [0.05, 0.1) is 16.6 Å². The minimum absolute atomic E-state index is 0.183. The Balaban J connectivity index is 1.82. The van der Waals surface area contributed by atoms with E-state index in [9.17, 15) is 4.79 Å². The minimum atomic E-state index is -0.183. The second kappa shape index (κ2) is 5.63. The van der Waals surface area contributed by atoms with Crippen LogP contribution < -0.4 is 11.1 Å². The van der Waals surface area contributed by atoms with E-state index < -0.39 is 0 Å². The first-order valence-electron chi connectivity index (χ1n) is 6.22. The van der Waals surface area contributed by atoms with Crippen molar-refractivity contribution in [2.24, 2.45) is 0 Å². The van der Waals surface area contributed by atoms with Crippen LogP contribution in [0.25, 0.3) is 10.2 Å². The zero-order valence-corrected chi connectivity index (χ0v) is 13.5. The molecule has 7 heteroatoms. The number of fused-ring (bicyclic) bond motifs is 1. The first-order chi connectivity index (χ1) is 10.0. The SMILES string of the molecule is Cc1ccc2c(N)c(C(=O)NCc3ccc(Cl)s3)sc2n1. The molecule has 21 heavy (non-hydrogen) atoms. The molecule has 3 rings (SSSR count). The molecule has 0 aliphatic heterocycles. The molecule has 0 fully saturated rings. The van der Waals surface area contributed by atoms with Crippen LogP contribution >= 0.6 is 34.3 Å². The molecule has 0 aliphatic carbocycles. The Morgan fingerprint density at radius 3 is 2.86 bits per heavy atom. The van der Waals surface area contributed by atoms with E-state index in [0.29, 0.717) is 21.4 Å². The van der Waals surface area contributed by atoms with Gasteiger partial charge in [-0.1, -0.05) is 11.6 Å². The number of hydrogen-bond donors (Lipinski definition) is 2. The lowest BCUT2D eigenvalue weighted by molar-refractivity contribution is 0.0956. The van der Waals surface area contributed by atoms with E-state index in [2.05, 4.69) is 10.3 Å². The van der Waals surface area contributed by atoms with Crippen LogP contribution in [0.5, 0.6) is 0 Å². The van der Waals surface area contributed by atoms with Crippen LogP contribution in [0.4, 0.5) is 5.69 Å². The second-order valence-electron chi connectivity index (χ2n) is 4.54. The van der Waals surface area contributed by atoms with Crippen molar-refractivity contribution in [3.05, 3.63) is 44.1 Å². The number of anilines is 1. The van der Waals surface area contributed by atoms with Crippen molar-refractivity contribution in [2.75, 3.05) is 5.73 Å². The largest absolute Gasteiger partial charge is 0.397 e. The highest BCUT2D eigenvalue weighted by Gasteiger charge is 2.17. The lowest BCUT2D eigenvalue weighted by Crippen LogP contribution is -2.22. The number of amides is 1. The third kappa shape index (κ3) is 2.88. The van der Waals surface area contributed by atoms with Gasteiger partial charge in [0.25, 0.3) is 5.91 Å². The van der Waals surface area contributed by atoms with Crippen molar-refractivity contribution in [1.82, 2.24) is 10.3 Å². The summed E-state index contributed by atoms with van der Waals surface area (Å²) in [5.74, 6) is -0.183. The zero-order valence-electron chi connectivity index (χ0n) is 11.1. The molecule has 0 saturated heterocycles. The van der Waals surface area contributed by atoms with E-state index in [1.807, 2.05) is 31.2 Å². The quantitative estimate of drug-likeness (QED) is 0.763. The lowest BCUT2D eigenvalue weighted by atomic mass is 10.2. The number of thiophene rings is 2. The number of nitrogen functional groups attached to an aromatic ring is 1. The number of carbonyl (C=O) groups is 1. The van der Waals surface area contributed by atoms with Crippen LogP contribution in [0.1, 0.15) is 20.2 Å². The number of halogens is 1. The summed E-state index contributed by atoms with van der Waals surface area (Å²) in [5.41, 5.74) is 7.45. The Labute approximate surface area is 134 Å². The van der Waals surface area contributed by atoms with Crippen molar-refractivity contribution >= 4 is 56.1 Å². The fraction of sp³-hybridized carbons (Fsp3) is 0.143. The molecule has 4 nitrogen and oxygen atoms in total. The van der Waals surface area contributed by atoms with Crippen molar-refractivity contribution in [3.63, 3.8) is 0 Å². The van der Waals surface area contributed by atoms with Gasteiger partial charge in [-0.15, -0.1) is 22.7 Å². The van der Waals surface area contributed by atoms with Crippen molar-refractivity contribution in [1.29, 1.82) is 0 Å². The van der Waals surface area contributed by atoms with E-state index in [-0.39, 0.29) is 5.91 Å². The number of nitrogens with one attached hydrogen (secondary N) is 1. The van der Waals surface area contributed by atoms with Gasteiger partial charge in [-0.2, -0.15) is 0 Å². The summed E-state index contributed by atoms with van der Waals surface area (Å²) in [7, 11) is 0. The number of aryl methyl sites for hydroxylation is 1. The molecule has 0 bridgehead atoms. The highest BCUT2D eigenvalue weighted by atomic mass is 35.5. The van der Waals surface area contributed by atoms with Crippen LogP contribution in [0.15, 0.2) is 24.3 Å². The van der Waals surface area contributed by atoms with Gasteiger partial charge in [0.2, 0.25) is 0 Å². The average Bonchev–Trinajstić information content (AvgIpc) is 3.00. The van der Waals surface area contributed by atoms with Crippen LogP contribution in [-0.4, -0.2) is 10.9 Å². The van der Waals surface area contributed by atoms with Gasteiger partial charge in [-0.05, 0) is 31.2 Å². The van der Waals surface area contributed by atoms with Gasteiger partial charge < -0.3 is 11.1 Å². The number of pyridine rings is 1. The van der Waals surface area contributed by atoms with Crippen LogP contribution in [0, 0.1) is 6.92 Å². The molecular formula is C14H12ClN3OS2. The van der Waals surface area contributed by atoms with Gasteiger partial charge in [-0.3, -0.25) is 4.79 Å². The number of hydrogen-bond acceptors (Lipinski definition) is 5. The summed E-state index contributed by atoms with van der Waals surface area (Å²) in [5, 5.41) is 3.69. The maximum Gasteiger partial charge on any atom is 0.263 e. The van der Waals surface area contributed by atoms with E-state index in [1.54, 1.807) is 0 Å². The maximum absolute atomic E-state index is 12.3. The molecule has 0 saturated carbocycles. The van der Waals surface area contributed by atoms with Gasteiger partial charge in [0.1, 0.15) is 9.71 Å². The van der Waals surface area contributed by atoms with Crippen molar-refractivity contribution in [2.45, 2.75) is 13.5 Å². The van der Waals surface area contributed by atoms with Gasteiger partial charge >= 0.3 is 0 Å². The predicted octanol–water partition coefficient (Wildman–Crippen LogP) is 3.83. The molecule has 0 aliphatic rings. The second-order valence-corrected chi connectivity index (χ2v) is 7.34. The summed E-state index contributed by atoms with van der Waals surface area (Å²) in [6.07, 6.45) is 0.